The molecule has 0 aliphatic heterocycles. The number of amides is 1. The molecule has 26 heavy (non-hydrogen) atoms. The minimum absolute atomic E-state index is 0.271. The lowest BCUT2D eigenvalue weighted by atomic mass is 10.2. The minimum Gasteiger partial charge on any atom is -0.491 e. The van der Waals surface area contributed by atoms with Crippen LogP contribution in [0.2, 0.25) is 0 Å². The van der Waals surface area contributed by atoms with Gasteiger partial charge in [-0.05, 0) is 36.4 Å². The van der Waals surface area contributed by atoms with Gasteiger partial charge < -0.3 is 14.6 Å². The van der Waals surface area contributed by atoms with E-state index in [-0.39, 0.29) is 6.61 Å². The third kappa shape index (κ3) is 4.12. The van der Waals surface area contributed by atoms with Gasteiger partial charge in [0.2, 0.25) is 0 Å². The van der Waals surface area contributed by atoms with E-state index in [2.05, 4.69) is 16.2 Å². The Hall–Kier alpha value is -3.50. The fourth-order valence-corrected chi connectivity index (χ4v) is 2.47. The Morgan fingerprint density at radius 3 is 2.77 bits per heavy atom. The van der Waals surface area contributed by atoms with E-state index in [0.29, 0.717) is 24.7 Å². The minimum atomic E-state index is -1.09. The molecule has 1 heterocycles. The molecule has 132 valence electrons. The summed E-state index contributed by atoms with van der Waals surface area (Å²) in [7, 11) is 0. The number of benzene rings is 2. The molecule has 2 N–H and O–H groups in total. The lowest BCUT2D eigenvalue weighted by Gasteiger charge is -2.08. The first-order valence-corrected chi connectivity index (χ1v) is 7.89. The van der Waals surface area contributed by atoms with Gasteiger partial charge in [0, 0.05) is 17.4 Å². The SMILES string of the molecule is C#CCOCCOc1ccc2c(c1)ncn2-c1ccc(NC(=O)O)cc1. The van der Waals surface area contributed by atoms with Crippen molar-refractivity contribution in [2.24, 2.45) is 0 Å². The smallest absolute Gasteiger partial charge is 0.409 e. The van der Waals surface area contributed by atoms with Gasteiger partial charge in [0.1, 0.15) is 25.3 Å². The van der Waals surface area contributed by atoms with E-state index in [0.717, 1.165) is 16.7 Å². The van der Waals surface area contributed by atoms with Crippen LogP contribution >= 0.6 is 0 Å². The molecule has 0 aliphatic carbocycles. The van der Waals surface area contributed by atoms with Crippen molar-refractivity contribution in [3.8, 4) is 23.8 Å². The second-order valence-corrected chi connectivity index (χ2v) is 5.35. The highest BCUT2D eigenvalue weighted by molar-refractivity contribution is 5.83. The highest BCUT2D eigenvalue weighted by Gasteiger charge is 2.07. The van der Waals surface area contributed by atoms with Crippen LogP contribution in [0.4, 0.5) is 10.5 Å². The molecule has 1 aromatic heterocycles. The van der Waals surface area contributed by atoms with Gasteiger partial charge in [-0.15, -0.1) is 6.42 Å². The Balaban J connectivity index is 1.72. The first-order chi connectivity index (χ1) is 12.7. The summed E-state index contributed by atoms with van der Waals surface area (Å²) in [6, 6.07) is 12.7. The molecule has 2 aromatic carbocycles. The van der Waals surface area contributed by atoms with Crippen molar-refractivity contribution in [1.29, 1.82) is 0 Å². The summed E-state index contributed by atoms with van der Waals surface area (Å²) in [4.78, 5) is 15.1. The molecule has 7 heteroatoms. The fourth-order valence-electron chi connectivity index (χ4n) is 2.47. The van der Waals surface area contributed by atoms with Crippen LogP contribution in [-0.2, 0) is 4.74 Å². The van der Waals surface area contributed by atoms with E-state index in [1.54, 1.807) is 18.5 Å². The van der Waals surface area contributed by atoms with Gasteiger partial charge in [0.15, 0.2) is 0 Å². The largest absolute Gasteiger partial charge is 0.491 e. The van der Waals surface area contributed by atoms with Crippen LogP contribution in [0.3, 0.4) is 0 Å². The average Bonchev–Trinajstić information content (AvgIpc) is 3.05. The summed E-state index contributed by atoms with van der Waals surface area (Å²) in [6.07, 6.45) is 5.73. The first-order valence-electron chi connectivity index (χ1n) is 7.89. The van der Waals surface area contributed by atoms with Gasteiger partial charge >= 0.3 is 6.09 Å². The maximum atomic E-state index is 10.7. The predicted octanol–water partition coefficient (Wildman–Crippen LogP) is 3.14. The van der Waals surface area contributed by atoms with Crippen molar-refractivity contribution in [1.82, 2.24) is 9.55 Å². The van der Waals surface area contributed by atoms with E-state index in [1.165, 1.54) is 0 Å². The maximum absolute atomic E-state index is 10.7. The second kappa shape index (κ2) is 8.05. The molecule has 0 saturated carbocycles. The van der Waals surface area contributed by atoms with Crippen LogP contribution in [0.25, 0.3) is 16.7 Å². The van der Waals surface area contributed by atoms with Gasteiger partial charge in [-0.25, -0.2) is 9.78 Å². The van der Waals surface area contributed by atoms with Crippen LogP contribution in [0.5, 0.6) is 5.75 Å². The number of aromatic nitrogens is 2. The zero-order valence-electron chi connectivity index (χ0n) is 13.9. The van der Waals surface area contributed by atoms with Gasteiger partial charge in [0.25, 0.3) is 0 Å². The number of hydrogen-bond donors (Lipinski definition) is 2. The van der Waals surface area contributed by atoms with Crippen LogP contribution in [0.1, 0.15) is 0 Å². The number of fused-ring (bicyclic) bond motifs is 1. The molecule has 1 amide bonds. The molecule has 3 rings (SSSR count). The highest BCUT2D eigenvalue weighted by Crippen LogP contribution is 2.23. The number of ether oxygens (including phenoxy) is 2. The molecule has 0 unspecified atom stereocenters. The van der Waals surface area contributed by atoms with Gasteiger partial charge in [-0.2, -0.15) is 0 Å². The van der Waals surface area contributed by atoms with Gasteiger partial charge in [-0.3, -0.25) is 9.88 Å². The highest BCUT2D eigenvalue weighted by atomic mass is 16.5. The molecule has 0 spiro atoms. The fraction of sp³-hybridized carbons (Fsp3) is 0.158. The number of carbonyl (C=O) groups is 1. The molecule has 0 saturated heterocycles. The zero-order valence-corrected chi connectivity index (χ0v) is 13.9. The Bertz CT molecular complexity index is 942. The Morgan fingerprint density at radius 1 is 1.23 bits per heavy atom. The van der Waals surface area contributed by atoms with Crippen molar-refractivity contribution >= 4 is 22.8 Å². The molecular formula is C19H17N3O4. The number of nitrogens with zero attached hydrogens (tertiary/aromatic N) is 2. The van der Waals surface area contributed by atoms with E-state index < -0.39 is 6.09 Å². The van der Waals surface area contributed by atoms with Crippen LogP contribution in [-0.4, -0.2) is 40.6 Å². The maximum Gasteiger partial charge on any atom is 0.409 e. The quantitative estimate of drug-likeness (QED) is 0.504. The zero-order chi connectivity index (χ0) is 18.4. The van der Waals surface area contributed by atoms with Gasteiger partial charge in [0.05, 0.1) is 17.6 Å². The van der Waals surface area contributed by atoms with E-state index >= 15 is 0 Å². The van der Waals surface area contributed by atoms with Crippen molar-refractivity contribution in [2.45, 2.75) is 0 Å². The molecule has 0 atom stereocenters. The molecule has 0 bridgehead atoms. The summed E-state index contributed by atoms with van der Waals surface area (Å²) in [5.41, 5.74) is 3.09. The van der Waals surface area contributed by atoms with E-state index in [9.17, 15) is 4.79 Å². The van der Waals surface area contributed by atoms with Crippen LogP contribution < -0.4 is 10.1 Å². The number of terminal acetylenes is 1. The van der Waals surface area contributed by atoms with Crippen molar-refractivity contribution in [2.75, 3.05) is 25.1 Å². The molecule has 0 radical (unpaired) electrons. The van der Waals surface area contributed by atoms with Crippen molar-refractivity contribution < 1.29 is 19.4 Å². The molecule has 7 nitrogen and oxygen atoms in total. The Morgan fingerprint density at radius 2 is 2.04 bits per heavy atom. The van der Waals surface area contributed by atoms with Crippen molar-refractivity contribution in [3.05, 3.63) is 48.8 Å². The second-order valence-electron chi connectivity index (χ2n) is 5.35. The summed E-state index contributed by atoms with van der Waals surface area (Å²) >= 11 is 0. The lowest BCUT2D eigenvalue weighted by Crippen LogP contribution is -2.07. The van der Waals surface area contributed by atoms with Crippen LogP contribution in [0.15, 0.2) is 48.8 Å². The average molecular weight is 351 g/mol. The molecule has 3 aromatic rings. The van der Waals surface area contributed by atoms with E-state index in [1.807, 2.05) is 34.9 Å². The third-order valence-electron chi connectivity index (χ3n) is 3.60. The molecule has 0 fully saturated rings. The van der Waals surface area contributed by atoms with Crippen LogP contribution in [0, 0.1) is 12.3 Å². The standard InChI is InChI=1S/C19H17N3O4/c1-2-9-25-10-11-26-16-7-8-18-17(12-16)20-13-22(18)15-5-3-14(4-6-15)21-19(23)24/h1,3-8,12-13,21H,9-11H2,(H,23,24). The number of rotatable bonds is 7. The monoisotopic (exact) mass is 351 g/mol. The number of anilines is 1. The lowest BCUT2D eigenvalue weighted by molar-refractivity contribution is 0.124. The summed E-state index contributed by atoms with van der Waals surface area (Å²) < 4.78 is 12.7. The predicted molar refractivity (Wildman–Crippen MR) is 97.9 cm³/mol. The third-order valence-corrected chi connectivity index (χ3v) is 3.60. The molecular weight excluding hydrogens is 334 g/mol. The summed E-state index contributed by atoms with van der Waals surface area (Å²) in [6.45, 7) is 1.10. The van der Waals surface area contributed by atoms with Gasteiger partial charge in [-0.1, -0.05) is 5.92 Å². The first kappa shape index (κ1) is 17.3. The number of hydrogen-bond acceptors (Lipinski definition) is 4. The number of carboxylic acid groups (broad SMARTS) is 1. The number of nitrogens with one attached hydrogen (secondary N) is 1. The normalized spacial score (nSPS) is 10.4. The summed E-state index contributed by atoms with van der Waals surface area (Å²) in [5.74, 6) is 3.10. The van der Waals surface area contributed by atoms with E-state index in [4.69, 9.17) is 21.0 Å². The molecule has 0 aliphatic rings. The number of imidazole rings is 1. The Kier molecular flexibility index (Phi) is 5.37. The van der Waals surface area contributed by atoms with Crippen molar-refractivity contribution in [3.63, 3.8) is 0 Å². The summed E-state index contributed by atoms with van der Waals surface area (Å²) in [5, 5.41) is 11.0. The topological polar surface area (TPSA) is 85.6 Å². The Labute approximate surface area is 150 Å².